The van der Waals surface area contributed by atoms with Gasteiger partial charge in [0.1, 0.15) is 0 Å². The van der Waals surface area contributed by atoms with Gasteiger partial charge >= 0.3 is 0 Å². The Morgan fingerprint density at radius 1 is 1.25 bits per heavy atom. The third-order valence-electron chi connectivity index (χ3n) is 2.86. The third kappa shape index (κ3) is 1.97. The van der Waals surface area contributed by atoms with Crippen molar-refractivity contribution in [3.63, 3.8) is 0 Å². The highest BCUT2D eigenvalue weighted by Gasteiger charge is 2.23. The van der Waals surface area contributed by atoms with Crippen molar-refractivity contribution in [2.24, 2.45) is 11.7 Å². The van der Waals surface area contributed by atoms with Crippen LogP contribution in [-0.2, 0) is 4.74 Å². The van der Waals surface area contributed by atoms with E-state index in [9.17, 15) is 0 Å². The van der Waals surface area contributed by atoms with Gasteiger partial charge in [-0.2, -0.15) is 0 Å². The molecule has 0 aromatic carbocycles. The highest BCUT2D eigenvalue weighted by atomic mass is 16.5. The first-order valence-corrected chi connectivity index (χ1v) is 4.90. The Hall–Kier alpha value is -0.120. The lowest BCUT2D eigenvalue weighted by Crippen LogP contribution is -2.45. The summed E-state index contributed by atoms with van der Waals surface area (Å²) in [7, 11) is 0. The Morgan fingerprint density at radius 3 is 2.42 bits per heavy atom. The molecular weight excluding hydrogens is 152 g/mol. The molecule has 2 aliphatic rings. The van der Waals surface area contributed by atoms with Gasteiger partial charge in [0.2, 0.25) is 0 Å². The molecule has 0 amide bonds. The van der Waals surface area contributed by atoms with Crippen molar-refractivity contribution >= 4 is 0 Å². The quantitative estimate of drug-likeness (QED) is 0.636. The topological polar surface area (TPSA) is 38.5 Å². The van der Waals surface area contributed by atoms with E-state index in [0.29, 0.717) is 6.04 Å². The monoisotopic (exact) mass is 170 g/mol. The zero-order chi connectivity index (χ0) is 8.39. The largest absolute Gasteiger partial charge is 0.381 e. The average molecular weight is 170 g/mol. The summed E-state index contributed by atoms with van der Waals surface area (Å²) < 4.78 is 5.15. The predicted octanol–water partition coefficient (Wildman–Crippen LogP) is 0.0559. The van der Waals surface area contributed by atoms with Gasteiger partial charge in [-0.1, -0.05) is 0 Å². The van der Waals surface area contributed by atoms with E-state index in [2.05, 4.69) is 4.90 Å². The second-order valence-corrected chi connectivity index (χ2v) is 4.04. The van der Waals surface area contributed by atoms with Crippen LogP contribution in [0.4, 0.5) is 0 Å². The molecule has 2 aliphatic heterocycles. The summed E-state index contributed by atoms with van der Waals surface area (Å²) in [6.07, 6.45) is 2.35. The van der Waals surface area contributed by atoms with Gasteiger partial charge < -0.3 is 15.4 Å². The number of likely N-dealkylation sites (tertiary alicyclic amines) is 1. The molecule has 3 nitrogen and oxygen atoms in total. The first-order chi connectivity index (χ1) is 5.84. The molecule has 2 rings (SSSR count). The molecule has 0 saturated carbocycles. The molecule has 0 bridgehead atoms. The van der Waals surface area contributed by atoms with E-state index >= 15 is 0 Å². The van der Waals surface area contributed by atoms with Gasteiger partial charge in [-0.25, -0.2) is 0 Å². The lowest BCUT2D eigenvalue weighted by molar-refractivity contribution is -0.0486. The number of hydrogen-bond donors (Lipinski definition) is 1. The Balaban J connectivity index is 1.67. The van der Waals surface area contributed by atoms with Gasteiger partial charge in [-0.3, -0.25) is 0 Å². The van der Waals surface area contributed by atoms with Gasteiger partial charge in [0.15, 0.2) is 0 Å². The number of nitrogens with two attached hydrogens (primary N) is 1. The molecule has 0 aromatic heterocycles. The van der Waals surface area contributed by atoms with Gasteiger partial charge in [0, 0.05) is 18.5 Å². The zero-order valence-corrected chi connectivity index (χ0v) is 7.54. The van der Waals surface area contributed by atoms with E-state index in [-0.39, 0.29) is 0 Å². The average Bonchev–Trinajstić information content (AvgIpc) is 2.00. The van der Waals surface area contributed by atoms with Crippen molar-refractivity contribution in [3.05, 3.63) is 0 Å². The predicted molar refractivity (Wildman–Crippen MR) is 48.0 cm³/mol. The fourth-order valence-electron chi connectivity index (χ4n) is 1.89. The summed E-state index contributed by atoms with van der Waals surface area (Å²) in [6, 6.07) is 0.457. The van der Waals surface area contributed by atoms with Crippen LogP contribution in [0.5, 0.6) is 0 Å². The molecule has 3 heteroatoms. The van der Waals surface area contributed by atoms with Crippen molar-refractivity contribution < 1.29 is 4.74 Å². The van der Waals surface area contributed by atoms with Crippen molar-refractivity contribution in [1.29, 1.82) is 0 Å². The fraction of sp³-hybridized carbons (Fsp3) is 1.00. The normalized spacial score (nSPS) is 28.8. The molecule has 0 atom stereocenters. The van der Waals surface area contributed by atoms with Crippen LogP contribution >= 0.6 is 0 Å². The molecule has 0 aliphatic carbocycles. The first kappa shape index (κ1) is 8.48. The smallest absolute Gasteiger partial charge is 0.0528 e. The molecule has 2 saturated heterocycles. The van der Waals surface area contributed by atoms with Crippen LogP contribution in [0.3, 0.4) is 0 Å². The summed E-state index contributed by atoms with van der Waals surface area (Å²) in [5.74, 6) is 0.805. The van der Waals surface area contributed by atoms with E-state index in [4.69, 9.17) is 10.5 Å². The van der Waals surface area contributed by atoms with Crippen LogP contribution in [-0.4, -0.2) is 43.8 Å². The maximum Gasteiger partial charge on any atom is 0.0528 e. The Kier molecular flexibility index (Phi) is 2.63. The maximum atomic E-state index is 5.82. The van der Waals surface area contributed by atoms with E-state index in [1.807, 2.05) is 0 Å². The van der Waals surface area contributed by atoms with Crippen molar-refractivity contribution in [2.75, 3.05) is 32.8 Å². The third-order valence-corrected chi connectivity index (χ3v) is 2.86. The number of piperidine rings is 1. The van der Waals surface area contributed by atoms with Crippen LogP contribution in [0.25, 0.3) is 0 Å². The minimum absolute atomic E-state index is 0.457. The van der Waals surface area contributed by atoms with E-state index in [1.165, 1.54) is 32.5 Å². The summed E-state index contributed by atoms with van der Waals surface area (Å²) in [5.41, 5.74) is 5.82. The summed E-state index contributed by atoms with van der Waals surface area (Å²) in [4.78, 5) is 2.52. The molecule has 0 spiro atoms. The molecule has 0 unspecified atom stereocenters. The highest BCUT2D eigenvalue weighted by Crippen LogP contribution is 2.15. The second-order valence-electron chi connectivity index (χ2n) is 4.04. The number of nitrogens with zero attached hydrogens (tertiary/aromatic N) is 1. The van der Waals surface area contributed by atoms with Crippen LogP contribution in [0.1, 0.15) is 12.8 Å². The molecule has 2 N–H and O–H groups in total. The zero-order valence-electron chi connectivity index (χ0n) is 7.54. The van der Waals surface area contributed by atoms with Crippen LogP contribution in [0, 0.1) is 5.92 Å². The van der Waals surface area contributed by atoms with Gasteiger partial charge in [0.05, 0.1) is 13.2 Å². The molecule has 12 heavy (non-hydrogen) atoms. The van der Waals surface area contributed by atoms with E-state index in [1.54, 1.807) is 0 Å². The lowest BCUT2D eigenvalue weighted by atomic mass is 10.0. The minimum atomic E-state index is 0.457. The van der Waals surface area contributed by atoms with Crippen LogP contribution < -0.4 is 5.73 Å². The molecule has 0 aromatic rings. The summed E-state index contributed by atoms with van der Waals surface area (Å²) in [6.45, 7) is 5.56. The minimum Gasteiger partial charge on any atom is -0.381 e. The second kappa shape index (κ2) is 3.73. The van der Waals surface area contributed by atoms with Crippen molar-refractivity contribution in [2.45, 2.75) is 18.9 Å². The maximum absolute atomic E-state index is 5.82. The first-order valence-electron chi connectivity index (χ1n) is 4.90. The van der Waals surface area contributed by atoms with Gasteiger partial charge in [-0.15, -0.1) is 0 Å². The SMILES string of the molecule is NC1CCN(CC2COC2)CC1. The Labute approximate surface area is 73.9 Å². The number of ether oxygens (including phenoxy) is 1. The van der Waals surface area contributed by atoms with Crippen LogP contribution in [0.2, 0.25) is 0 Å². The standard InChI is InChI=1S/C9H18N2O/c10-9-1-3-11(4-2-9)5-8-6-12-7-8/h8-9H,1-7,10H2. The van der Waals surface area contributed by atoms with Gasteiger partial charge in [-0.05, 0) is 25.9 Å². The number of hydrogen-bond acceptors (Lipinski definition) is 3. The van der Waals surface area contributed by atoms with E-state index in [0.717, 1.165) is 19.1 Å². The van der Waals surface area contributed by atoms with E-state index < -0.39 is 0 Å². The molecule has 70 valence electrons. The fourth-order valence-corrected chi connectivity index (χ4v) is 1.89. The number of rotatable bonds is 2. The molecule has 0 radical (unpaired) electrons. The molecular formula is C9H18N2O. The summed E-state index contributed by atoms with van der Waals surface area (Å²) >= 11 is 0. The summed E-state index contributed by atoms with van der Waals surface area (Å²) in [5, 5.41) is 0. The highest BCUT2D eigenvalue weighted by molar-refractivity contribution is 4.77. The Morgan fingerprint density at radius 2 is 1.92 bits per heavy atom. The lowest BCUT2D eigenvalue weighted by Gasteiger charge is -2.35. The molecule has 2 heterocycles. The molecule has 2 fully saturated rings. The van der Waals surface area contributed by atoms with Crippen molar-refractivity contribution in [1.82, 2.24) is 4.90 Å². The van der Waals surface area contributed by atoms with Crippen LogP contribution in [0.15, 0.2) is 0 Å². The van der Waals surface area contributed by atoms with Gasteiger partial charge in [0.25, 0.3) is 0 Å². The Bertz CT molecular complexity index is 139. The van der Waals surface area contributed by atoms with Crippen molar-refractivity contribution in [3.8, 4) is 0 Å².